The molecule has 0 fully saturated rings. The molecule has 0 aliphatic carbocycles. The molecule has 0 heterocycles. The van der Waals surface area contributed by atoms with Crippen LogP contribution in [0.1, 0.15) is 25.7 Å². The van der Waals surface area contributed by atoms with Gasteiger partial charge in [0.2, 0.25) is 0 Å². The number of nitro groups is 1. The summed E-state index contributed by atoms with van der Waals surface area (Å²) in [6.07, 6.45) is 2.56. The van der Waals surface area contributed by atoms with Gasteiger partial charge in [-0.15, -0.1) is 12.4 Å². The van der Waals surface area contributed by atoms with Crippen molar-refractivity contribution in [2.45, 2.75) is 25.7 Å². The maximum atomic E-state index is 11.5. The number of carbonyl (C=O) groups excluding carboxylic acids is 1. The van der Waals surface area contributed by atoms with Crippen molar-refractivity contribution >= 4 is 30.0 Å². The second kappa shape index (κ2) is 10.4. The Hall–Kier alpha value is -2.35. The minimum Gasteiger partial charge on any atom is -0.427 e. The summed E-state index contributed by atoms with van der Waals surface area (Å²) in [4.78, 5) is 25.3. The van der Waals surface area contributed by atoms with Gasteiger partial charge in [-0.1, -0.05) is 6.42 Å². The summed E-state index contributed by atoms with van der Waals surface area (Å²) >= 11 is 0. The molecule has 0 radical (unpaired) electrons. The molecule has 0 amide bonds. The number of aliphatic imine (C=N–C) groups is 1. The van der Waals surface area contributed by atoms with E-state index in [4.69, 9.17) is 16.2 Å². The van der Waals surface area contributed by atoms with E-state index in [0.29, 0.717) is 18.7 Å². The van der Waals surface area contributed by atoms with Crippen LogP contribution >= 0.6 is 12.4 Å². The molecule has 0 atom stereocenters. The number of nitro benzene ring substituents is 1. The van der Waals surface area contributed by atoms with E-state index in [1.165, 1.54) is 24.3 Å². The molecule has 0 aromatic heterocycles. The number of esters is 1. The lowest BCUT2D eigenvalue weighted by Crippen LogP contribution is -2.22. The van der Waals surface area contributed by atoms with Crippen LogP contribution < -0.4 is 16.2 Å². The quantitative estimate of drug-likeness (QED) is 0.142. The Kier molecular flexibility index (Phi) is 9.28. The Balaban J connectivity index is 0.00000441. The highest BCUT2D eigenvalue weighted by molar-refractivity contribution is 5.85. The largest absolute Gasteiger partial charge is 0.427 e. The first-order valence-electron chi connectivity index (χ1n) is 6.49. The first kappa shape index (κ1) is 19.7. The maximum absolute atomic E-state index is 11.5. The van der Waals surface area contributed by atoms with Crippen molar-refractivity contribution in [3.8, 4) is 5.75 Å². The number of hydrogen-bond donors (Lipinski definition) is 2. The van der Waals surface area contributed by atoms with Crippen molar-refractivity contribution in [3.63, 3.8) is 0 Å². The number of carbonyl (C=O) groups is 1. The van der Waals surface area contributed by atoms with Crippen LogP contribution in [0.2, 0.25) is 0 Å². The molecule has 0 spiro atoms. The van der Waals surface area contributed by atoms with Crippen molar-refractivity contribution in [3.05, 3.63) is 34.4 Å². The Bertz CT molecular complexity index is 515. The molecular weight excluding hydrogens is 312 g/mol. The predicted molar refractivity (Wildman–Crippen MR) is 85.1 cm³/mol. The second-order valence-corrected chi connectivity index (χ2v) is 4.34. The molecule has 0 saturated heterocycles. The summed E-state index contributed by atoms with van der Waals surface area (Å²) in [6, 6.07) is 5.37. The van der Waals surface area contributed by atoms with E-state index in [-0.39, 0.29) is 36.4 Å². The lowest BCUT2D eigenvalue weighted by atomic mass is 10.2. The van der Waals surface area contributed by atoms with E-state index in [2.05, 4.69) is 4.99 Å². The Labute approximate surface area is 134 Å². The van der Waals surface area contributed by atoms with Crippen molar-refractivity contribution in [1.29, 1.82) is 0 Å². The fourth-order valence-electron chi connectivity index (χ4n) is 1.58. The van der Waals surface area contributed by atoms with Gasteiger partial charge in [-0.05, 0) is 25.0 Å². The van der Waals surface area contributed by atoms with Gasteiger partial charge in [0, 0.05) is 25.1 Å². The highest BCUT2D eigenvalue weighted by Gasteiger charge is 2.08. The molecule has 0 aliphatic heterocycles. The fraction of sp³-hybridized carbons (Fsp3) is 0.385. The molecule has 22 heavy (non-hydrogen) atoms. The number of hydrogen-bond acceptors (Lipinski definition) is 5. The van der Waals surface area contributed by atoms with Gasteiger partial charge in [0.15, 0.2) is 5.96 Å². The second-order valence-electron chi connectivity index (χ2n) is 4.34. The van der Waals surface area contributed by atoms with Crippen LogP contribution in [-0.2, 0) is 4.79 Å². The first-order chi connectivity index (χ1) is 9.99. The predicted octanol–water partition coefficient (Wildman–Crippen LogP) is 1.76. The van der Waals surface area contributed by atoms with Gasteiger partial charge in [-0.3, -0.25) is 19.9 Å². The topological polar surface area (TPSA) is 134 Å². The zero-order valence-electron chi connectivity index (χ0n) is 11.9. The molecule has 0 saturated carbocycles. The average Bonchev–Trinajstić information content (AvgIpc) is 2.43. The van der Waals surface area contributed by atoms with Crippen molar-refractivity contribution in [2.24, 2.45) is 16.5 Å². The molecule has 0 unspecified atom stereocenters. The van der Waals surface area contributed by atoms with Crippen LogP contribution in [0.3, 0.4) is 0 Å². The van der Waals surface area contributed by atoms with Gasteiger partial charge >= 0.3 is 5.97 Å². The summed E-state index contributed by atoms with van der Waals surface area (Å²) < 4.78 is 5.06. The van der Waals surface area contributed by atoms with Gasteiger partial charge in [0.1, 0.15) is 5.75 Å². The molecule has 8 nitrogen and oxygen atoms in total. The minimum atomic E-state index is -0.512. The average molecular weight is 331 g/mol. The Morgan fingerprint density at radius 3 is 2.36 bits per heavy atom. The van der Waals surface area contributed by atoms with E-state index in [1.54, 1.807) is 0 Å². The molecule has 4 N–H and O–H groups in total. The van der Waals surface area contributed by atoms with E-state index in [0.717, 1.165) is 12.8 Å². The summed E-state index contributed by atoms with van der Waals surface area (Å²) in [5.74, 6) is -0.00983. The number of halogens is 1. The number of non-ortho nitro benzene ring substituents is 1. The van der Waals surface area contributed by atoms with Crippen LogP contribution in [-0.4, -0.2) is 23.4 Å². The smallest absolute Gasteiger partial charge is 0.311 e. The number of nitrogens with two attached hydrogens (primary N) is 2. The highest BCUT2D eigenvalue weighted by Crippen LogP contribution is 2.18. The number of benzene rings is 1. The van der Waals surface area contributed by atoms with Gasteiger partial charge in [0.25, 0.3) is 5.69 Å². The summed E-state index contributed by atoms with van der Waals surface area (Å²) in [5.41, 5.74) is 10.3. The van der Waals surface area contributed by atoms with E-state index in [1.807, 2.05) is 0 Å². The van der Waals surface area contributed by atoms with Crippen LogP contribution in [0.5, 0.6) is 5.75 Å². The van der Waals surface area contributed by atoms with E-state index in [9.17, 15) is 14.9 Å². The van der Waals surface area contributed by atoms with Crippen molar-refractivity contribution in [2.75, 3.05) is 6.54 Å². The SMILES string of the molecule is Cl.NC(N)=NCCCCCC(=O)Oc1ccc([N+](=O)[O-])cc1. The number of rotatable bonds is 8. The molecule has 9 heteroatoms. The lowest BCUT2D eigenvalue weighted by molar-refractivity contribution is -0.384. The number of unbranched alkanes of at least 4 members (excludes halogenated alkanes) is 2. The fourth-order valence-corrected chi connectivity index (χ4v) is 1.58. The van der Waals surface area contributed by atoms with Crippen LogP contribution in [0.4, 0.5) is 5.69 Å². The zero-order valence-corrected chi connectivity index (χ0v) is 12.8. The third kappa shape index (κ3) is 8.05. The van der Waals surface area contributed by atoms with Gasteiger partial charge in [-0.2, -0.15) is 0 Å². The number of guanidine groups is 1. The molecule has 0 bridgehead atoms. The van der Waals surface area contributed by atoms with Gasteiger partial charge in [-0.25, -0.2) is 0 Å². The van der Waals surface area contributed by atoms with Crippen LogP contribution in [0.25, 0.3) is 0 Å². The molecule has 0 aliphatic rings. The molecular formula is C13H19ClN4O4. The van der Waals surface area contributed by atoms with Gasteiger partial charge in [0.05, 0.1) is 4.92 Å². The molecule has 1 aromatic rings. The third-order valence-corrected chi connectivity index (χ3v) is 2.61. The van der Waals surface area contributed by atoms with Crippen molar-refractivity contribution in [1.82, 2.24) is 0 Å². The summed E-state index contributed by atoms with van der Waals surface area (Å²) in [6.45, 7) is 0.541. The molecule has 1 rings (SSSR count). The monoisotopic (exact) mass is 330 g/mol. The van der Waals surface area contributed by atoms with Gasteiger partial charge < -0.3 is 16.2 Å². The molecule has 122 valence electrons. The third-order valence-electron chi connectivity index (χ3n) is 2.61. The van der Waals surface area contributed by atoms with E-state index < -0.39 is 4.92 Å². The van der Waals surface area contributed by atoms with Crippen molar-refractivity contribution < 1.29 is 14.5 Å². The Morgan fingerprint density at radius 2 is 1.82 bits per heavy atom. The normalized spacial score (nSPS) is 9.45. The lowest BCUT2D eigenvalue weighted by Gasteiger charge is -2.03. The summed E-state index contributed by atoms with van der Waals surface area (Å²) in [5, 5.41) is 10.5. The number of ether oxygens (including phenoxy) is 1. The Morgan fingerprint density at radius 1 is 1.18 bits per heavy atom. The van der Waals surface area contributed by atoms with E-state index >= 15 is 0 Å². The maximum Gasteiger partial charge on any atom is 0.311 e. The first-order valence-corrected chi connectivity index (χ1v) is 6.49. The summed E-state index contributed by atoms with van der Waals surface area (Å²) in [7, 11) is 0. The van der Waals surface area contributed by atoms with Crippen LogP contribution in [0, 0.1) is 10.1 Å². The zero-order chi connectivity index (χ0) is 15.7. The van der Waals surface area contributed by atoms with Crippen LogP contribution in [0.15, 0.2) is 29.3 Å². The standard InChI is InChI=1S/C13H18N4O4.ClH/c14-13(15)16-9-3-1-2-4-12(18)21-11-7-5-10(6-8-11)17(19)20;/h5-8H,1-4,9H2,(H4,14,15,16);1H. The molecule has 1 aromatic carbocycles. The number of nitrogens with zero attached hydrogens (tertiary/aromatic N) is 2. The minimum absolute atomic E-state index is 0. The highest BCUT2D eigenvalue weighted by atomic mass is 35.5.